The van der Waals surface area contributed by atoms with Gasteiger partial charge in [-0.15, -0.1) is 0 Å². The smallest absolute Gasteiger partial charge is 0.407 e. The number of carbonyl (C=O) groups is 1. The van der Waals surface area contributed by atoms with Gasteiger partial charge >= 0.3 is 12.3 Å². The van der Waals surface area contributed by atoms with Gasteiger partial charge in [0.2, 0.25) is 0 Å². The second-order valence-corrected chi connectivity index (χ2v) is 12.9. The molecule has 0 spiro atoms. The average Bonchev–Trinajstić information content (AvgIpc) is 3.16. The predicted octanol–water partition coefficient (Wildman–Crippen LogP) is 5.88. The summed E-state index contributed by atoms with van der Waals surface area (Å²) in [5.74, 6) is 0.187. The number of sulfone groups is 1. The maximum absolute atomic E-state index is 13.6. The quantitative estimate of drug-likeness (QED) is 0.399. The number of amides is 1. The second kappa shape index (κ2) is 10.5. The first-order chi connectivity index (χ1) is 17.7. The molecule has 2 heterocycles. The van der Waals surface area contributed by atoms with Crippen molar-refractivity contribution in [2.75, 3.05) is 16.8 Å². The first-order valence-corrected chi connectivity index (χ1v) is 14.2. The summed E-state index contributed by atoms with van der Waals surface area (Å²) >= 11 is 0. The van der Waals surface area contributed by atoms with E-state index in [-0.39, 0.29) is 24.1 Å². The zero-order chi connectivity index (χ0) is 27.7. The highest BCUT2D eigenvalue weighted by Gasteiger charge is 2.31. The van der Waals surface area contributed by atoms with E-state index in [9.17, 15) is 26.4 Å². The molecule has 38 heavy (non-hydrogen) atoms. The molecule has 3 aromatic rings. The molecule has 0 atom stereocenters. The molecule has 206 valence electrons. The van der Waals surface area contributed by atoms with E-state index in [0.29, 0.717) is 40.7 Å². The molecule has 1 fully saturated rings. The van der Waals surface area contributed by atoms with E-state index in [1.54, 1.807) is 69.3 Å². The van der Waals surface area contributed by atoms with E-state index in [1.165, 1.54) is 4.57 Å². The molecule has 1 amide bonds. The normalized spacial score (nSPS) is 16.4. The minimum atomic E-state index is -4.43. The monoisotopic (exact) mass is 551 g/mol. The highest BCUT2D eigenvalue weighted by molar-refractivity contribution is 7.91. The van der Waals surface area contributed by atoms with Crippen LogP contribution in [0.1, 0.15) is 39.2 Å². The SMILES string of the molecule is CC(C)(C)OC(=O)NCc1ccc(-c2cc3c(NC4CCS(=O)(=O)CC4)cccc3n2CC(F)(F)F)cc1. The third kappa shape index (κ3) is 7.21. The van der Waals surface area contributed by atoms with Gasteiger partial charge in [-0.25, -0.2) is 13.2 Å². The van der Waals surface area contributed by atoms with Crippen molar-refractivity contribution in [1.82, 2.24) is 9.88 Å². The molecular weight excluding hydrogens is 519 g/mol. The summed E-state index contributed by atoms with van der Waals surface area (Å²) in [4.78, 5) is 11.9. The summed E-state index contributed by atoms with van der Waals surface area (Å²) in [6.07, 6.45) is -4.08. The molecular formula is C27H32F3N3O4S. The number of nitrogens with zero attached hydrogens (tertiary/aromatic N) is 1. The Morgan fingerprint density at radius 3 is 2.32 bits per heavy atom. The van der Waals surface area contributed by atoms with E-state index >= 15 is 0 Å². The van der Waals surface area contributed by atoms with Gasteiger partial charge in [0.05, 0.1) is 17.0 Å². The topological polar surface area (TPSA) is 89.4 Å². The third-order valence-electron chi connectivity index (χ3n) is 6.28. The fourth-order valence-electron chi connectivity index (χ4n) is 4.54. The maximum atomic E-state index is 13.6. The number of anilines is 1. The summed E-state index contributed by atoms with van der Waals surface area (Å²) in [7, 11) is -3.03. The van der Waals surface area contributed by atoms with Crippen LogP contribution in [0.2, 0.25) is 0 Å². The lowest BCUT2D eigenvalue weighted by molar-refractivity contribution is -0.139. The van der Waals surface area contributed by atoms with Crippen LogP contribution in [-0.2, 0) is 27.7 Å². The number of fused-ring (bicyclic) bond motifs is 1. The summed E-state index contributed by atoms with van der Waals surface area (Å²) < 4.78 is 70.9. The Bertz CT molecular complexity index is 1390. The van der Waals surface area contributed by atoms with Crippen molar-refractivity contribution in [3.8, 4) is 11.3 Å². The van der Waals surface area contributed by atoms with Crippen molar-refractivity contribution in [1.29, 1.82) is 0 Å². The van der Waals surface area contributed by atoms with Gasteiger partial charge in [0.25, 0.3) is 0 Å². The zero-order valence-corrected chi connectivity index (χ0v) is 22.4. The molecule has 4 rings (SSSR count). The predicted molar refractivity (Wildman–Crippen MR) is 142 cm³/mol. The van der Waals surface area contributed by atoms with Gasteiger partial charge in [-0.3, -0.25) is 0 Å². The minimum absolute atomic E-state index is 0.0738. The van der Waals surface area contributed by atoms with Crippen LogP contribution in [0.3, 0.4) is 0 Å². The maximum Gasteiger partial charge on any atom is 0.407 e. The van der Waals surface area contributed by atoms with Crippen LogP contribution in [0.5, 0.6) is 0 Å². The molecule has 0 bridgehead atoms. The third-order valence-corrected chi connectivity index (χ3v) is 8.00. The van der Waals surface area contributed by atoms with E-state index in [2.05, 4.69) is 10.6 Å². The fourth-order valence-corrected chi connectivity index (χ4v) is 6.03. The molecule has 0 aliphatic carbocycles. The van der Waals surface area contributed by atoms with Gasteiger partial charge in [-0.1, -0.05) is 30.3 Å². The van der Waals surface area contributed by atoms with E-state index < -0.39 is 34.3 Å². The number of aromatic nitrogens is 1. The second-order valence-electron chi connectivity index (χ2n) is 10.6. The summed E-state index contributed by atoms with van der Waals surface area (Å²) in [5, 5.41) is 6.66. The Morgan fingerprint density at radius 2 is 1.71 bits per heavy atom. The van der Waals surface area contributed by atoms with Crippen LogP contribution in [0.15, 0.2) is 48.5 Å². The fraction of sp³-hybridized carbons (Fsp3) is 0.444. The van der Waals surface area contributed by atoms with Crippen LogP contribution in [0.4, 0.5) is 23.7 Å². The number of carbonyl (C=O) groups excluding carboxylic acids is 1. The van der Waals surface area contributed by atoms with E-state index in [0.717, 1.165) is 5.56 Å². The Labute approximate surface area is 220 Å². The van der Waals surface area contributed by atoms with Crippen LogP contribution in [0, 0.1) is 0 Å². The molecule has 11 heteroatoms. The lowest BCUT2D eigenvalue weighted by atomic mass is 10.1. The van der Waals surface area contributed by atoms with Gasteiger partial charge in [0.1, 0.15) is 22.0 Å². The lowest BCUT2D eigenvalue weighted by Gasteiger charge is -2.24. The van der Waals surface area contributed by atoms with Crippen LogP contribution in [-0.4, -0.2) is 48.4 Å². The molecule has 0 saturated carbocycles. The standard InChI is InChI=1S/C27H32F3N3O4S/c1-26(2,3)37-25(34)31-16-18-7-9-19(10-8-18)24-15-21-22(32-20-11-13-38(35,36)14-12-20)5-4-6-23(21)33(24)17-27(28,29)30/h4-10,15,20,32H,11-14,16-17H2,1-3H3,(H,31,34). The van der Waals surface area contributed by atoms with Gasteiger partial charge in [0.15, 0.2) is 0 Å². The number of halogens is 3. The first kappa shape index (κ1) is 27.8. The molecule has 0 radical (unpaired) electrons. The Balaban J connectivity index is 1.61. The molecule has 1 aliphatic rings. The van der Waals surface area contributed by atoms with Crippen LogP contribution >= 0.6 is 0 Å². The van der Waals surface area contributed by atoms with Gasteiger partial charge in [-0.2, -0.15) is 13.2 Å². The molecule has 2 aromatic carbocycles. The summed E-state index contributed by atoms with van der Waals surface area (Å²) in [6, 6.07) is 13.8. The van der Waals surface area contributed by atoms with Crippen molar-refractivity contribution < 1.29 is 31.1 Å². The van der Waals surface area contributed by atoms with Crippen LogP contribution < -0.4 is 10.6 Å². The highest BCUT2D eigenvalue weighted by Crippen LogP contribution is 2.36. The first-order valence-electron chi connectivity index (χ1n) is 12.4. The van der Waals surface area contributed by atoms with Crippen molar-refractivity contribution in [3.63, 3.8) is 0 Å². The zero-order valence-electron chi connectivity index (χ0n) is 21.6. The van der Waals surface area contributed by atoms with Gasteiger partial charge < -0.3 is 19.9 Å². The summed E-state index contributed by atoms with van der Waals surface area (Å²) in [6.45, 7) is 4.36. The number of alkyl carbamates (subject to hydrolysis) is 1. The largest absolute Gasteiger partial charge is 0.444 e. The van der Waals surface area contributed by atoms with Gasteiger partial charge in [-0.05, 0) is 62.9 Å². The van der Waals surface area contributed by atoms with Crippen molar-refractivity contribution in [2.45, 2.75) is 64.5 Å². The van der Waals surface area contributed by atoms with Crippen LogP contribution in [0.25, 0.3) is 22.2 Å². The number of alkyl halides is 3. The van der Waals surface area contributed by atoms with Crippen molar-refractivity contribution in [3.05, 3.63) is 54.1 Å². The molecule has 2 N–H and O–H groups in total. The Hall–Kier alpha value is -3.21. The number of nitrogens with one attached hydrogen (secondary N) is 2. The Morgan fingerprint density at radius 1 is 1.05 bits per heavy atom. The summed E-state index contributed by atoms with van der Waals surface area (Å²) in [5.41, 5.74) is 2.26. The number of ether oxygens (including phenoxy) is 1. The Kier molecular flexibility index (Phi) is 7.69. The number of hydrogen-bond acceptors (Lipinski definition) is 5. The lowest BCUT2D eigenvalue weighted by Crippen LogP contribution is -2.32. The minimum Gasteiger partial charge on any atom is -0.444 e. The van der Waals surface area contributed by atoms with Crippen molar-refractivity contribution >= 4 is 32.5 Å². The number of benzene rings is 2. The highest BCUT2D eigenvalue weighted by atomic mass is 32.2. The molecule has 1 aliphatic heterocycles. The molecule has 7 nitrogen and oxygen atoms in total. The molecule has 0 unspecified atom stereocenters. The van der Waals surface area contributed by atoms with Crippen molar-refractivity contribution in [2.24, 2.45) is 0 Å². The van der Waals surface area contributed by atoms with E-state index in [1.807, 2.05) is 0 Å². The molecule has 1 saturated heterocycles. The van der Waals surface area contributed by atoms with E-state index in [4.69, 9.17) is 4.74 Å². The van der Waals surface area contributed by atoms with Gasteiger partial charge in [0, 0.05) is 29.4 Å². The molecule has 1 aromatic heterocycles. The number of hydrogen-bond donors (Lipinski definition) is 2. The average molecular weight is 552 g/mol. The number of rotatable bonds is 6.